The number of ether oxygens (including phenoxy) is 2. The monoisotopic (exact) mass is 509 g/mol. The lowest BCUT2D eigenvalue weighted by Crippen LogP contribution is -2.38. The third kappa shape index (κ3) is 7.84. The molecule has 1 heterocycles. The first kappa shape index (κ1) is 27.3. The van der Waals surface area contributed by atoms with Crippen LogP contribution in [0.1, 0.15) is 43.9 Å². The van der Waals surface area contributed by atoms with Gasteiger partial charge in [-0.2, -0.15) is 18.4 Å². The fourth-order valence-corrected chi connectivity index (χ4v) is 4.28. The van der Waals surface area contributed by atoms with Gasteiger partial charge in [-0.3, -0.25) is 4.90 Å². The summed E-state index contributed by atoms with van der Waals surface area (Å²) in [6, 6.07) is 12.7. The molecule has 0 N–H and O–H groups in total. The zero-order valence-corrected chi connectivity index (χ0v) is 21.0. The number of benzene rings is 2. The Morgan fingerprint density at radius 2 is 1.91 bits per heavy atom. The Morgan fingerprint density at radius 3 is 2.57 bits per heavy atom. The SMILES string of the molecule is CC(C)(C)OCOCCN1CC[C@H](N(Cc2ccccc2C(F)(F)F)c2ccc(C#N)c(Cl)c2)C1. The molecule has 0 unspecified atom stereocenters. The summed E-state index contributed by atoms with van der Waals surface area (Å²) in [5, 5.41) is 9.50. The molecule has 0 radical (unpaired) electrons. The van der Waals surface area contributed by atoms with Crippen molar-refractivity contribution in [3.05, 3.63) is 64.2 Å². The molecular formula is C26H31ClF3N3O2. The minimum absolute atomic E-state index is 0.0221. The Hall–Kier alpha value is -2.31. The Morgan fingerprint density at radius 1 is 1.17 bits per heavy atom. The number of rotatable bonds is 9. The van der Waals surface area contributed by atoms with Crippen molar-refractivity contribution in [1.29, 1.82) is 5.26 Å². The van der Waals surface area contributed by atoms with Gasteiger partial charge >= 0.3 is 6.18 Å². The van der Waals surface area contributed by atoms with Gasteiger partial charge in [0.1, 0.15) is 12.9 Å². The van der Waals surface area contributed by atoms with E-state index in [1.165, 1.54) is 12.1 Å². The molecule has 2 aromatic carbocycles. The molecule has 5 nitrogen and oxygen atoms in total. The molecule has 2 aromatic rings. The van der Waals surface area contributed by atoms with Gasteiger partial charge in [-0.15, -0.1) is 0 Å². The van der Waals surface area contributed by atoms with Crippen LogP contribution in [0.5, 0.6) is 0 Å². The van der Waals surface area contributed by atoms with Crippen molar-refractivity contribution < 1.29 is 22.6 Å². The van der Waals surface area contributed by atoms with Crippen LogP contribution in [0.3, 0.4) is 0 Å². The number of nitriles is 1. The van der Waals surface area contributed by atoms with E-state index < -0.39 is 11.7 Å². The Bertz CT molecular complexity index is 1030. The van der Waals surface area contributed by atoms with E-state index in [1.54, 1.807) is 24.3 Å². The zero-order valence-electron chi connectivity index (χ0n) is 20.2. The largest absolute Gasteiger partial charge is 0.416 e. The van der Waals surface area contributed by atoms with Crippen LogP contribution < -0.4 is 4.90 Å². The first-order valence-corrected chi connectivity index (χ1v) is 11.9. The third-order valence-electron chi connectivity index (χ3n) is 5.88. The van der Waals surface area contributed by atoms with Gasteiger partial charge < -0.3 is 14.4 Å². The Kier molecular flexibility index (Phi) is 9.05. The topological polar surface area (TPSA) is 48.7 Å². The Labute approximate surface area is 210 Å². The molecule has 1 fully saturated rings. The number of hydrogen-bond acceptors (Lipinski definition) is 5. The summed E-state index contributed by atoms with van der Waals surface area (Å²) in [6.45, 7) is 8.85. The molecule has 0 aliphatic carbocycles. The van der Waals surface area contributed by atoms with Crippen molar-refractivity contribution in [3.8, 4) is 6.07 Å². The first-order chi connectivity index (χ1) is 16.5. The highest BCUT2D eigenvalue weighted by Gasteiger charge is 2.35. The van der Waals surface area contributed by atoms with E-state index in [0.29, 0.717) is 30.9 Å². The van der Waals surface area contributed by atoms with Crippen LogP contribution in [0.25, 0.3) is 0 Å². The van der Waals surface area contributed by atoms with Gasteiger partial charge in [-0.1, -0.05) is 29.8 Å². The van der Waals surface area contributed by atoms with E-state index in [9.17, 15) is 18.4 Å². The van der Waals surface area contributed by atoms with Gasteiger partial charge in [-0.05, 0) is 57.0 Å². The van der Waals surface area contributed by atoms with Crippen LogP contribution in [0, 0.1) is 11.3 Å². The van der Waals surface area contributed by atoms with E-state index in [2.05, 4.69) is 4.90 Å². The molecule has 1 saturated heterocycles. The van der Waals surface area contributed by atoms with E-state index in [1.807, 2.05) is 31.7 Å². The minimum atomic E-state index is -4.45. The summed E-state index contributed by atoms with van der Waals surface area (Å²) in [4.78, 5) is 4.19. The molecule has 0 spiro atoms. The number of likely N-dealkylation sites (tertiary alicyclic amines) is 1. The maximum absolute atomic E-state index is 13.7. The normalized spacial score (nSPS) is 16.9. The van der Waals surface area contributed by atoms with E-state index >= 15 is 0 Å². The smallest absolute Gasteiger partial charge is 0.363 e. The van der Waals surface area contributed by atoms with Crippen molar-refractivity contribution in [2.24, 2.45) is 0 Å². The molecule has 35 heavy (non-hydrogen) atoms. The second-order valence-corrected chi connectivity index (χ2v) is 9.99. The number of nitrogens with zero attached hydrogens (tertiary/aromatic N) is 3. The fraction of sp³-hybridized carbons (Fsp3) is 0.500. The van der Waals surface area contributed by atoms with Gasteiger partial charge in [0.05, 0.1) is 28.4 Å². The maximum atomic E-state index is 13.7. The zero-order chi connectivity index (χ0) is 25.6. The lowest BCUT2D eigenvalue weighted by atomic mass is 10.0. The summed E-state index contributed by atoms with van der Waals surface area (Å²) in [7, 11) is 0. The highest BCUT2D eigenvalue weighted by atomic mass is 35.5. The summed E-state index contributed by atoms with van der Waals surface area (Å²) >= 11 is 6.28. The number of alkyl halides is 3. The molecule has 0 bridgehead atoms. The van der Waals surface area contributed by atoms with Crippen molar-refractivity contribution in [1.82, 2.24) is 4.90 Å². The summed E-state index contributed by atoms with van der Waals surface area (Å²) in [5.41, 5.74) is 0.295. The maximum Gasteiger partial charge on any atom is 0.416 e. The molecular weight excluding hydrogens is 479 g/mol. The third-order valence-corrected chi connectivity index (χ3v) is 6.20. The number of hydrogen-bond donors (Lipinski definition) is 0. The van der Waals surface area contributed by atoms with Crippen molar-refractivity contribution in [3.63, 3.8) is 0 Å². The van der Waals surface area contributed by atoms with Crippen molar-refractivity contribution in [2.75, 3.05) is 37.9 Å². The van der Waals surface area contributed by atoms with Crippen molar-refractivity contribution >= 4 is 17.3 Å². The lowest BCUT2D eigenvalue weighted by Gasteiger charge is -2.32. The first-order valence-electron chi connectivity index (χ1n) is 11.5. The highest BCUT2D eigenvalue weighted by molar-refractivity contribution is 6.32. The Balaban J connectivity index is 1.75. The summed E-state index contributed by atoms with van der Waals surface area (Å²) in [6.07, 6.45) is -3.66. The van der Waals surface area contributed by atoms with Crippen LogP contribution in [-0.4, -0.2) is 49.6 Å². The van der Waals surface area contributed by atoms with Crippen LogP contribution in [0.4, 0.5) is 18.9 Å². The molecule has 3 rings (SSSR count). The van der Waals surface area contributed by atoms with Crippen LogP contribution >= 0.6 is 11.6 Å². The molecule has 1 aliphatic heterocycles. The molecule has 0 saturated carbocycles. The molecule has 1 aliphatic rings. The van der Waals surface area contributed by atoms with Crippen molar-refractivity contribution in [2.45, 2.75) is 51.6 Å². The fourth-order valence-electron chi connectivity index (χ4n) is 4.06. The lowest BCUT2D eigenvalue weighted by molar-refractivity contribution is -0.138. The minimum Gasteiger partial charge on any atom is -0.363 e. The second kappa shape index (κ2) is 11.6. The molecule has 9 heteroatoms. The standard InChI is InChI=1S/C26H31ClF3N3O2/c1-25(2,3)35-18-34-13-12-32-11-10-22(17-32)33(21-9-8-19(15-31)24(27)14-21)16-20-6-4-5-7-23(20)26(28,29)30/h4-9,14,22H,10-13,16-18H2,1-3H3/t22-/m0/s1. The summed E-state index contributed by atoms with van der Waals surface area (Å²) in [5.74, 6) is 0. The van der Waals surface area contributed by atoms with E-state index in [-0.39, 0.29) is 35.6 Å². The van der Waals surface area contributed by atoms with Gasteiger partial charge in [0.2, 0.25) is 0 Å². The van der Waals surface area contributed by atoms with Gasteiger partial charge in [0, 0.05) is 37.9 Å². The molecule has 1 atom stereocenters. The predicted molar refractivity (Wildman–Crippen MR) is 130 cm³/mol. The molecule has 0 aromatic heterocycles. The van der Waals surface area contributed by atoms with Gasteiger partial charge in [0.25, 0.3) is 0 Å². The number of anilines is 1. The molecule has 0 amide bonds. The second-order valence-electron chi connectivity index (χ2n) is 9.58. The highest BCUT2D eigenvalue weighted by Crippen LogP contribution is 2.35. The quantitative estimate of drug-likeness (QED) is 0.302. The summed E-state index contributed by atoms with van der Waals surface area (Å²) < 4.78 is 52.2. The van der Waals surface area contributed by atoms with E-state index in [4.69, 9.17) is 21.1 Å². The number of halogens is 4. The van der Waals surface area contributed by atoms with Gasteiger partial charge in [-0.25, -0.2) is 0 Å². The van der Waals surface area contributed by atoms with Gasteiger partial charge in [0.15, 0.2) is 0 Å². The predicted octanol–water partition coefficient (Wildman–Crippen LogP) is 6.10. The van der Waals surface area contributed by atoms with Crippen LogP contribution in [0.15, 0.2) is 42.5 Å². The van der Waals surface area contributed by atoms with Crippen LogP contribution in [0.2, 0.25) is 5.02 Å². The average Bonchev–Trinajstić information content (AvgIpc) is 3.24. The van der Waals surface area contributed by atoms with Crippen LogP contribution in [-0.2, 0) is 22.2 Å². The molecule has 190 valence electrons. The van der Waals surface area contributed by atoms with E-state index in [0.717, 1.165) is 19.0 Å². The average molecular weight is 510 g/mol.